The Labute approximate surface area is 90.5 Å². The van der Waals surface area contributed by atoms with E-state index in [-0.39, 0.29) is 0 Å². The van der Waals surface area contributed by atoms with E-state index in [1.807, 2.05) is 0 Å². The van der Waals surface area contributed by atoms with Crippen LogP contribution in [0.25, 0.3) is 0 Å². The van der Waals surface area contributed by atoms with E-state index in [0.29, 0.717) is 18.6 Å². The van der Waals surface area contributed by atoms with Crippen molar-refractivity contribution in [2.45, 2.75) is 18.9 Å². The van der Waals surface area contributed by atoms with Crippen LogP contribution in [-0.2, 0) is 6.42 Å². The second-order valence-electron chi connectivity index (χ2n) is 4.66. The second kappa shape index (κ2) is 3.62. The smallest absolute Gasteiger partial charge is 0.0478 e. The predicted molar refractivity (Wildman–Crippen MR) is 59.7 cm³/mol. The molecule has 2 nitrogen and oxygen atoms in total. The fraction of sp³-hybridized carbons (Fsp3) is 0.538. The maximum absolute atomic E-state index is 9.40. The highest BCUT2D eigenvalue weighted by Crippen LogP contribution is 2.41. The van der Waals surface area contributed by atoms with Crippen LogP contribution in [0, 0.1) is 5.92 Å². The van der Waals surface area contributed by atoms with E-state index in [9.17, 15) is 5.11 Å². The molecule has 2 heterocycles. The molecule has 0 bridgehead atoms. The maximum atomic E-state index is 9.40. The largest absolute Gasteiger partial charge is 0.396 e. The zero-order chi connectivity index (χ0) is 10.3. The molecule has 1 saturated heterocycles. The van der Waals surface area contributed by atoms with Crippen LogP contribution in [0.3, 0.4) is 0 Å². The first-order valence-corrected chi connectivity index (χ1v) is 5.83. The molecule has 2 aliphatic rings. The molecular weight excluding hydrogens is 186 g/mol. The number of rotatable bonds is 1. The molecule has 2 heteroatoms. The van der Waals surface area contributed by atoms with Crippen molar-refractivity contribution >= 4 is 0 Å². The van der Waals surface area contributed by atoms with E-state index in [1.165, 1.54) is 17.5 Å². The minimum absolute atomic E-state index is 0.329. The van der Waals surface area contributed by atoms with E-state index >= 15 is 0 Å². The van der Waals surface area contributed by atoms with Crippen molar-refractivity contribution in [3.63, 3.8) is 0 Å². The summed E-state index contributed by atoms with van der Waals surface area (Å²) >= 11 is 0. The quantitative estimate of drug-likeness (QED) is 0.749. The Morgan fingerprint density at radius 2 is 2.13 bits per heavy atom. The monoisotopic (exact) mass is 203 g/mol. The molecule has 2 aliphatic heterocycles. The van der Waals surface area contributed by atoms with Gasteiger partial charge in [0.05, 0.1) is 0 Å². The van der Waals surface area contributed by atoms with Crippen molar-refractivity contribution in [3.05, 3.63) is 35.4 Å². The van der Waals surface area contributed by atoms with Crippen LogP contribution in [0.2, 0.25) is 0 Å². The summed E-state index contributed by atoms with van der Waals surface area (Å²) in [5.74, 6) is 0.450. The van der Waals surface area contributed by atoms with Crippen LogP contribution in [-0.4, -0.2) is 29.7 Å². The lowest BCUT2D eigenvalue weighted by atomic mass is 9.87. The fourth-order valence-corrected chi connectivity index (χ4v) is 3.13. The van der Waals surface area contributed by atoms with Crippen molar-refractivity contribution in [3.8, 4) is 0 Å². The third-order valence-electron chi connectivity index (χ3n) is 3.90. The van der Waals surface area contributed by atoms with Crippen LogP contribution in [0.5, 0.6) is 0 Å². The Balaban J connectivity index is 2.02. The molecule has 0 amide bonds. The summed E-state index contributed by atoms with van der Waals surface area (Å²) < 4.78 is 0. The van der Waals surface area contributed by atoms with Crippen molar-refractivity contribution in [2.75, 3.05) is 19.7 Å². The summed E-state index contributed by atoms with van der Waals surface area (Å²) in [5.41, 5.74) is 2.94. The van der Waals surface area contributed by atoms with E-state index in [2.05, 4.69) is 29.2 Å². The lowest BCUT2D eigenvalue weighted by molar-refractivity contribution is 0.159. The van der Waals surface area contributed by atoms with Crippen LogP contribution in [0.4, 0.5) is 0 Å². The third-order valence-corrected chi connectivity index (χ3v) is 3.90. The van der Waals surface area contributed by atoms with Crippen molar-refractivity contribution < 1.29 is 5.11 Å². The van der Waals surface area contributed by atoms with Gasteiger partial charge in [-0.05, 0) is 30.5 Å². The second-order valence-corrected chi connectivity index (χ2v) is 4.66. The number of hydrogen-bond acceptors (Lipinski definition) is 2. The minimum Gasteiger partial charge on any atom is -0.396 e. The number of aliphatic hydroxyl groups is 1. The maximum Gasteiger partial charge on any atom is 0.0478 e. The number of hydrogen-bond donors (Lipinski definition) is 1. The van der Waals surface area contributed by atoms with Crippen molar-refractivity contribution in [1.82, 2.24) is 4.90 Å². The Kier molecular flexibility index (Phi) is 2.26. The number of aliphatic hydroxyl groups excluding tert-OH is 1. The molecule has 1 fully saturated rings. The van der Waals surface area contributed by atoms with E-state index in [0.717, 1.165) is 19.5 Å². The normalized spacial score (nSPS) is 29.9. The molecule has 0 saturated carbocycles. The minimum atomic E-state index is 0.329. The molecule has 1 N–H and O–H groups in total. The average Bonchev–Trinajstić information content (AvgIpc) is 2.72. The molecule has 0 aromatic heterocycles. The molecule has 15 heavy (non-hydrogen) atoms. The predicted octanol–water partition coefficient (Wildman–Crippen LogP) is 1.60. The highest BCUT2D eigenvalue weighted by atomic mass is 16.3. The van der Waals surface area contributed by atoms with Gasteiger partial charge in [0.2, 0.25) is 0 Å². The summed E-state index contributed by atoms with van der Waals surface area (Å²) in [7, 11) is 0. The number of nitrogens with zero attached hydrogens (tertiary/aromatic N) is 1. The van der Waals surface area contributed by atoms with Gasteiger partial charge in [0.1, 0.15) is 0 Å². The standard InChI is InChI=1S/C13H17NO/c15-9-11-6-8-14-7-5-10-3-1-2-4-12(10)13(11)14/h1-4,11,13,15H,5-9H2. The van der Waals surface area contributed by atoms with Gasteiger partial charge in [0.15, 0.2) is 0 Å². The van der Waals surface area contributed by atoms with Gasteiger partial charge in [-0.1, -0.05) is 24.3 Å². The van der Waals surface area contributed by atoms with Gasteiger partial charge in [0.25, 0.3) is 0 Å². The summed E-state index contributed by atoms with van der Waals surface area (Å²) in [6.45, 7) is 2.65. The topological polar surface area (TPSA) is 23.5 Å². The molecule has 2 atom stereocenters. The highest BCUT2D eigenvalue weighted by Gasteiger charge is 2.37. The molecule has 0 radical (unpaired) electrons. The van der Waals surface area contributed by atoms with Crippen molar-refractivity contribution in [2.24, 2.45) is 5.92 Å². The molecule has 2 unspecified atom stereocenters. The van der Waals surface area contributed by atoms with Crippen LogP contribution in [0.1, 0.15) is 23.6 Å². The van der Waals surface area contributed by atoms with E-state index in [4.69, 9.17) is 0 Å². The van der Waals surface area contributed by atoms with Crippen LogP contribution >= 0.6 is 0 Å². The lowest BCUT2D eigenvalue weighted by Gasteiger charge is -2.34. The Morgan fingerprint density at radius 3 is 3.00 bits per heavy atom. The molecular formula is C13H17NO. The zero-order valence-corrected chi connectivity index (χ0v) is 8.89. The van der Waals surface area contributed by atoms with Crippen molar-refractivity contribution in [1.29, 1.82) is 0 Å². The first kappa shape index (κ1) is 9.37. The van der Waals surface area contributed by atoms with Crippen LogP contribution in [0.15, 0.2) is 24.3 Å². The molecule has 1 aromatic carbocycles. The molecule has 0 spiro atoms. The Hall–Kier alpha value is -0.860. The first-order valence-electron chi connectivity index (χ1n) is 5.83. The summed E-state index contributed by atoms with van der Waals surface area (Å²) in [4.78, 5) is 2.53. The molecule has 80 valence electrons. The summed E-state index contributed by atoms with van der Waals surface area (Å²) in [6.07, 6.45) is 2.32. The van der Waals surface area contributed by atoms with Gasteiger partial charge in [-0.3, -0.25) is 4.90 Å². The number of benzene rings is 1. The van der Waals surface area contributed by atoms with Crippen LogP contribution < -0.4 is 0 Å². The molecule has 0 aliphatic carbocycles. The van der Waals surface area contributed by atoms with E-state index in [1.54, 1.807) is 0 Å². The zero-order valence-electron chi connectivity index (χ0n) is 8.89. The van der Waals surface area contributed by atoms with Gasteiger partial charge in [0, 0.05) is 25.1 Å². The fourth-order valence-electron chi connectivity index (χ4n) is 3.13. The van der Waals surface area contributed by atoms with Gasteiger partial charge in [-0.2, -0.15) is 0 Å². The molecule has 3 rings (SSSR count). The van der Waals surface area contributed by atoms with E-state index < -0.39 is 0 Å². The van der Waals surface area contributed by atoms with Gasteiger partial charge >= 0.3 is 0 Å². The van der Waals surface area contributed by atoms with Gasteiger partial charge < -0.3 is 5.11 Å². The van der Waals surface area contributed by atoms with Gasteiger partial charge in [-0.15, -0.1) is 0 Å². The SMILES string of the molecule is OCC1CCN2CCc3ccccc3C12. The average molecular weight is 203 g/mol. The number of fused-ring (bicyclic) bond motifs is 3. The Morgan fingerprint density at radius 1 is 1.27 bits per heavy atom. The van der Waals surface area contributed by atoms with Gasteiger partial charge in [-0.25, -0.2) is 0 Å². The lowest BCUT2D eigenvalue weighted by Crippen LogP contribution is -2.33. The molecule has 1 aromatic rings. The first-order chi connectivity index (χ1) is 7.40. The third kappa shape index (κ3) is 1.40. The summed E-state index contributed by atoms with van der Waals surface area (Å²) in [6, 6.07) is 9.20. The highest BCUT2D eigenvalue weighted by molar-refractivity contribution is 5.33. The summed E-state index contributed by atoms with van der Waals surface area (Å²) in [5, 5.41) is 9.40. The Bertz CT molecular complexity index is 363.